The fraction of sp³-hybridized carbons (Fsp3) is 0.182. The van der Waals surface area contributed by atoms with Crippen molar-refractivity contribution in [1.29, 1.82) is 0 Å². The highest BCUT2D eigenvalue weighted by Crippen LogP contribution is 2.36. The molecule has 0 radical (unpaired) electrons. The fourth-order valence-corrected chi connectivity index (χ4v) is 5.38. The van der Waals surface area contributed by atoms with Gasteiger partial charge < -0.3 is 5.73 Å². The van der Waals surface area contributed by atoms with Gasteiger partial charge in [-0.2, -0.15) is 0 Å². The number of fused-ring (bicyclic) bond motifs is 1. The Labute approximate surface area is 230 Å². The van der Waals surface area contributed by atoms with Crippen molar-refractivity contribution in [2.45, 2.75) is 38.5 Å². The van der Waals surface area contributed by atoms with Gasteiger partial charge in [0.1, 0.15) is 23.2 Å². The van der Waals surface area contributed by atoms with E-state index in [1.54, 1.807) is 18.3 Å². The second-order valence-corrected chi connectivity index (χ2v) is 10.2. The Morgan fingerprint density at radius 2 is 1.73 bits per heavy atom. The zero-order valence-electron chi connectivity index (χ0n) is 21.9. The summed E-state index contributed by atoms with van der Waals surface area (Å²) in [6.45, 7) is 2.01. The van der Waals surface area contributed by atoms with Crippen LogP contribution in [0.5, 0.6) is 0 Å². The topological polar surface area (TPSA) is 73.1 Å². The second-order valence-electron chi connectivity index (χ2n) is 10.2. The minimum atomic E-state index is -0.910. The van der Waals surface area contributed by atoms with Crippen molar-refractivity contribution in [3.63, 3.8) is 0 Å². The van der Waals surface area contributed by atoms with Crippen LogP contribution in [0, 0.1) is 24.4 Å². The van der Waals surface area contributed by atoms with Crippen LogP contribution in [-0.4, -0.2) is 16.7 Å². The van der Waals surface area contributed by atoms with Crippen molar-refractivity contribution in [3.8, 4) is 11.1 Å². The SMILES string of the molecule is Cc1ccc2c(c1)C(CC(=O)C[C@@H](Cc1cc(F)cc(F)c1)c1ncccc1-c1ccc(F)c(C(N)=O)c1)=CC2. The van der Waals surface area contributed by atoms with E-state index in [0.717, 1.165) is 35.3 Å². The number of aryl methyl sites for hydroxylation is 1. The summed E-state index contributed by atoms with van der Waals surface area (Å²) in [7, 11) is 0. The van der Waals surface area contributed by atoms with Crippen LogP contribution in [0.25, 0.3) is 16.7 Å². The first-order valence-electron chi connectivity index (χ1n) is 13.0. The van der Waals surface area contributed by atoms with Crippen LogP contribution in [0.1, 0.15) is 57.1 Å². The van der Waals surface area contributed by atoms with Crippen molar-refractivity contribution in [2.75, 3.05) is 0 Å². The number of nitrogens with zero attached hydrogens (tertiary/aromatic N) is 1. The number of pyridine rings is 1. The monoisotopic (exact) mass is 540 g/mol. The van der Waals surface area contributed by atoms with Gasteiger partial charge in [0.2, 0.25) is 0 Å². The molecule has 0 spiro atoms. The molecule has 1 aromatic heterocycles. The molecule has 40 heavy (non-hydrogen) atoms. The maximum absolute atomic E-state index is 14.2. The van der Waals surface area contributed by atoms with Crippen molar-refractivity contribution >= 4 is 17.3 Å². The summed E-state index contributed by atoms with van der Waals surface area (Å²) in [6, 6.07) is 16.9. The van der Waals surface area contributed by atoms with Crippen molar-refractivity contribution in [2.24, 2.45) is 5.73 Å². The summed E-state index contributed by atoms with van der Waals surface area (Å²) >= 11 is 0. The van der Waals surface area contributed by atoms with Gasteiger partial charge in [-0.25, -0.2) is 13.2 Å². The molecule has 0 bridgehead atoms. The molecule has 1 aliphatic rings. The van der Waals surface area contributed by atoms with Gasteiger partial charge in [-0.3, -0.25) is 14.6 Å². The Hall–Kier alpha value is -4.52. The van der Waals surface area contributed by atoms with Crippen LogP contribution >= 0.6 is 0 Å². The van der Waals surface area contributed by atoms with E-state index in [1.807, 2.05) is 13.0 Å². The lowest BCUT2D eigenvalue weighted by Gasteiger charge is -2.20. The van der Waals surface area contributed by atoms with Crippen LogP contribution in [0.2, 0.25) is 0 Å². The molecule has 4 aromatic rings. The smallest absolute Gasteiger partial charge is 0.251 e. The summed E-state index contributed by atoms with van der Waals surface area (Å²) in [5, 5.41) is 0. The highest BCUT2D eigenvalue weighted by Gasteiger charge is 2.25. The summed E-state index contributed by atoms with van der Waals surface area (Å²) < 4.78 is 42.4. The van der Waals surface area contributed by atoms with E-state index in [0.29, 0.717) is 22.4 Å². The van der Waals surface area contributed by atoms with E-state index in [1.165, 1.54) is 29.8 Å². The molecule has 202 valence electrons. The zero-order chi connectivity index (χ0) is 28.4. The molecule has 0 fully saturated rings. The number of carbonyl (C=O) groups is 2. The lowest BCUT2D eigenvalue weighted by molar-refractivity contribution is -0.118. The molecule has 4 nitrogen and oxygen atoms in total. The molecule has 7 heteroatoms. The highest BCUT2D eigenvalue weighted by atomic mass is 19.1. The minimum Gasteiger partial charge on any atom is -0.366 e. The van der Waals surface area contributed by atoms with E-state index >= 15 is 0 Å². The summed E-state index contributed by atoms with van der Waals surface area (Å²) in [5.74, 6) is -3.68. The number of carbonyl (C=O) groups excluding carboxylic acids is 2. The first-order valence-corrected chi connectivity index (χ1v) is 13.0. The number of primary amides is 1. The second kappa shape index (κ2) is 11.3. The van der Waals surface area contributed by atoms with Gasteiger partial charge in [-0.15, -0.1) is 0 Å². The van der Waals surface area contributed by atoms with Gasteiger partial charge in [0.25, 0.3) is 5.91 Å². The van der Waals surface area contributed by atoms with Crippen LogP contribution < -0.4 is 5.73 Å². The molecular weight excluding hydrogens is 513 g/mol. The molecule has 2 N–H and O–H groups in total. The van der Waals surface area contributed by atoms with Crippen LogP contribution in [0.15, 0.2) is 79.0 Å². The predicted octanol–water partition coefficient (Wildman–Crippen LogP) is 6.89. The van der Waals surface area contributed by atoms with E-state index < -0.39 is 29.3 Å². The van der Waals surface area contributed by atoms with Crippen LogP contribution in [0.3, 0.4) is 0 Å². The third kappa shape index (κ3) is 5.88. The lowest BCUT2D eigenvalue weighted by atomic mass is 9.85. The number of aromatic nitrogens is 1. The average molecular weight is 541 g/mol. The van der Waals surface area contributed by atoms with Crippen LogP contribution in [-0.2, 0) is 17.6 Å². The van der Waals surface area contributed by atoms with Crippen molar-refractivity contribution < 1.29 is 22.8 Å². The Kier molecular flexibility index (Phi) is 7.65. The summed E-state index contributed by atoms with van der Waals surface area (Å²) in [6.07, 6.45) is 4.82. The van der Waals surface area contributed by atoms with Gasteiger partial charge in [0, 0.05) is 36.6 Å². The molecule has 0 saturated carbocycles. The van der Waals surface area contributed by atoms with Crippen LogP contribution in [0.4, 0.5) is 13.2 Å². The molecule has 0 unspecified atom stereocenters. The summed E-state index contributed by atoms with van der Waals surface area (Å²) in [5.41, 5.74) is 11.3. The normalized spacial score (nSPS) is 13.1. The predicted molar refractivity (Wildman–Crippen MR) is 148 cm³/mol. The van der Waals surface area contributed by atoms with Gasteiger partial charge in [0.05, 0.1) is 11.3 Å². The zero-order valence-corrected chi connectivity index (χ0v) is 21.9. The van der Waals surface area contributed by atoms with Gasteiger partial charge in [-0.05, 0) is 77.9 Å². The van der Waals surface area contributed by atoms with E-state index in [-0.39, 0.29) is 30.6 Å². The fourth-order valence-electron chi connectivity index (χ4n) is 5.38. The Morgan fingerprint density at radius 3 is 2.48 bits per heavy atom. The molecule has 1 heterocycles. The number of benzene rings is 3. The van der Waals surface area contributed by atoms with E-state index in [2.05, 4.69) is 23.2 Å². The number of halogens is 3. The molecule has 5 rings (SSSR count). The Morgan fingerprint density at radius 1 is 0.950 bits per heavy atom. The Bertz CT molecular complexity index is 1640. The number of hydrogen-bond acceptors (Lipinski definition) is 3. The molecule has 1 aliphatic carbocycles. The first kappa shape index (κ1) is 27.1. The quantitative estimate of drug-likeness (QED) is 0.251. The third-order valence-electron chi connectivity index (χ3n) is 7.21. The highest BCUT2D eigenvalue weighted by molar-refractivity contribution is 5.95. The number of ketones is 1. The van der Waals surface area contributed by atoms with Gasteiger partial charge in [0.15, 0.2) is 0 Å². The number of Topliss-reactive ketones (excluding diaryl/α,β-unsaturated/α-hetero) is 1. The number of allylic oxidation sites excluding steroid dienone is 2. The molecule has 1 amide bonds. The molecular formula is C33H27F3N2O2. The number of amides is 1. The van der Waals surface area contributed by atoms with Crippen molar-refractivity contribution in [3.05, 3.63) is 130 Å². The number of nitrogens with two attached hydrogens (primary N) is 1. The van der Waals surface area contributed by atoms with Gasteiger partial charge in [-0.1, -0.05) is 42.0 Å². The standard InChI is InChI=1S/C33H27F3N2O2/c1-19-4-5-21-6-7-22(29(21)11-19)15-27(39)16-24(12-20-13-25(34)18-26(35)14-20)32-28(3-2-10-38-32)23-8-9-31(36)30(17-23)33(37)40/h2-5,7-11,13-14,17-18,24H,6,12,15-16H2,1H3,(H2,37,40)/t24-/m1/s1. The molecule has 0 aliphatic heterocycles. The minimum absolute atomic E-state index is 0.0454. The van der Waals surface area contributed by atoms with E-state index in [9.17, 15) is 22.8 Å². The maximum atomic E-state index is 14.2. The largest absolute Gasteiger partial charge is 0.366 e. The first-order chi connectivity index (χ1) is 19.2. The maximum Gasteiger partial charge on any atom is 0.251 e. The third-order valence-corrected chi connectivity index (χ3v) is 7.21. The number of rotatable bonds is 9. The average Bonchev–Trinajstić information content (AvgIpc) is 3.29. The van der Waals surface area contributed by atoms with Crippen molar-refractivity contribution in [1.82, 2.24) is 4.98 Å². The molecule has 3 aromatic carbocycles. The summed E-state index contributed by atoms with van der Waals surface area (Å²) in [4.78, 5) is 29.9. The Balaban J connectivity index is 1.50. The molecule has 1 atom stereocenters. The van der Waals surface area contributed by atoms with E-state index in [4.69, 9.17) is 5.73 Å². The number of hydrogen-bond donors (Lipinski definition) is 1. The van der Waals surface area contributed by atoms with Gasteiger partial charge >= 0.3 is 0 Å². The lowest BCUT2D eigenvalue weighted by Crippen LogP contribution is -2.14. The molecule has 0 saturated heterocycles.